The highest BCUT2D eigenvalue weighted by molar-refractivity contribution is 7.46. The monoisotopic (exact) mass is 536 g/mol. The van der Waals surface area contributed by atoms with Crippen molar-refractivity contribution in [3.63, 3.8) is 0 Å². The second-order valence-corrected chi connectivity index (χ2v) is 11.0. The van der Waals surface area contributed by atoms with E-state index in [4.69, 9.17) is 19.3 Å². The van der Waals surface area contributed by atoms with Crippen molar-refractivity contribution in [2.75, 3.05) is 13.2 Å². The molecule has 0 bridgehead atoms. The maximum atomic E-state index is 12.2. The highest BCUT2D eigenvalue weighted by Gasteiger charge is 2.22. The van der Waals surface area contributed by atoms with E-state index < -0.39 is 32.5 Å². The Balaban J connectivity index is 3.87. The van der Waals surface area contributed by atoms with Gasteiger partial charge in [0.05, 0.1) is 6.61 Å². The van der Waals surface area contributed by atoms with Crippen molar-refractivity contribution in [3.8, 4) is 0 Å². The van der Waals surface area contributed by atoms with Crippen molar-refractivity contribution in [3.05, 3.63) is 0 Å². The van der Waals surface area contributed by atoms with Crippen molar-refractivity contribution in [1.29, 1.82) is 0 Å². The second-order valence-electron chi connectivity index (χ2n) is 9.74. The first-order chi connectivity index (χ1) is 17.3. The van der Waals surface area contributed by atoms with E-state index in [-0.39, 0.29) is 19.4 Å². The minimum absolute atomic E-state index is 0.217. The van der Waals surface area contributed by atoms with Crippen molar-refractivity contribution in [2.45, 2.75) is 148 Å². The molecule has 0 aliphatic heterocycles. The van der Waals surface area contributed by atoms with Gasteiger partial charge in [0.1, 0.15) is 6.61 Å². The van der Waals surface area contributed by atoms with Crippen LogP contribution < -0.4 is 0 Å². The molecule has 0 unspecified atom stereocenters. The summed E-state index contributed by atoms with van der Waals surface area (Å²) in [4.78, 5) is 41.8. The largest absolute Gasteiger partial charge is 0.469 e. The van der Waals surface area contributed by atoms with Crippen LogP contribution in [0.4, 0.5) is 0 Å². The minimum Gasteiger partial charge on any atom is -0.462 e. The first-order valence-corrected chi connectivity index (χ1v) is 15.9. The van der Waals surface area contributed by atoms with Gasteiger partial charge in [-0.05, 0) is 12.8 Å². The summed E-state index contributed by atoms with van der Waals surface area (Å²) < 4.78 is 25.8. The summed E-state index contributed by atoms with van der Waals surface area (Å²) in [5.41, 5.74) is 0. The van der Waals surface area contributed by atoms with E-state index in [9.17, 15) is 14.2 Å². The van der Waals surface area contributed by atoms with Gasteiger partial charge in [-0.15, -0.1) is 0 Å². The fourth-order valence-electron chi connectivity index (χ4n) is 3.96. The SMILES string of the molecule is CCCCCCCCCCCCCCCCCC(=O)O[C@H](COC(=O)CCCCC)COP(=O)(O)O. The molecule has 36 heavy (non-hydrogen) atoms. The number of esters is 2. The van der Waals surface area contributed by atoms with Crippen LogP contribution in [0, 0.1) is 0 Å². The van der Waals surface area contributed by atoms with Crippen LogP contribution in [0.2, 0.25) is 0 Å². The number of carbonyl (C=O) groups excluding carboxylic acids is 2. The zero-order chi connectivity index (χ0) is 26.9. The quantitative estimate of drug-likeness (QED) is 0.0667. The molecule has 0 saturated carbocycles. The molecule has 9 heteroatoms. The Morgan fingerprint density at radius 3 is 1.47 bits per heavy atom. The van der Waals surface area contributed by atoms with Gasteiger partial charge in [-0.2, -0.15) is 0 Å². The maximum Gasteiger partial charge on any atom is 0.469 e. The number of ether oxygens (including phenoxy) is 2. The van der Waals surface area contributed by atoms with Gasteiger partial charge in [-0.3, -0.25) is 14.1 Å². The maximum absolute atomic E-state index is 12.2. The molecule has 0 aromatic rings. The molecule has 0 radical (unpaired) electrons. The molecule has 0 spiro atoms. The van der Waals surface area contributed by atoms with Crippen LogP contribution in [0.15, 0.2) is 0 Å². The van der Waals surface area contributed by atoms with Gasteiger partial charge < -0.3 is 19.3 Å². The minimum atomic E-state index is -4.72. The lowest BCUT2D eigenvalue weighted by Gasteiger charge is -2.18. The third-order valence-corrected chi connectivity index (χ3v) is 6.61. The van der Waals surface area contributed by atoms with E-state index in [0.717, 1.165) is 25.7 Å². The van der Waals surface area contributed by atoms with Crippen LogP contribution in [-0.4, -0.2) is 41.0 Å². The van der Waals surface area contributed by atoms with Gasteiger partial charge in [-0.25, -0.2) is 4.57 Å². The van der Waals surface area contributed by atoms with Crippen LogP contribution in [0.25, 0.3) is 0 Å². The Morgan fingerprint density at radius 2 is 1.00 bits per heavy atom. The first-order valence-electron chi connectivity index (χ1n) is 14.3. The fourth-order valence-corrected chi connectivity index (χ4v) is 4.32. The molecular formula is C27H53O8P. The molecule has 8 nitrogen and oxygen atoms in total. The summed E-state index contributed by atoms with van der Waals surface area (Å²) in [6.07, 6.45) is 20.6. The summed E-state index contributed by atoms with van der Waals surface area (Å²) in [5.74, 6) is -0.908. The lowest BCUT2D eigenvalue weighted by molar-refractivity contribution is -0.161. The van der Waals surface area contributed by atoms with E-state index in [2.05, 4.69) is 11.4 Å². The number of hydrogen-bond acceptors (Lipinski definition) is 6. The summed E-state index contributed by atoms with van der Waals surface area (Å²) in [6.45, 7) is 3.46. The normalized spacial score (nSPS) is 12.4. The number of carbonyl (C=O) groups is 2. The van der Waals surface area contributed by atoms with Crippen LogP contribution in [-0.2, 0) is 28.2 Å². The van der Waals surface area contributed by atoms with Crippen LogP contribution >= 0.6 is 7.82 Å². The molecule has 0 aliphatic carbocycles. The Kier molecular flexibility index (Phi) is 23.7. The van der Waals surface area contributed by atoms with Crippen molar-refractivity contribution >= 4 is 19.8 Å². The van der Waals surface area contributed by atoms with Gasteiger partial charge in [0.2, 0.25) is 0 Å². The third-order valence-electron chi connectivity index (χ3n) is 6.13. The Bertz CT molecular complexity index is 578. The van der Waals surface area contributed by atoms with Crippen LogP contribution in [0.3, 0.4) is 0 Å². The first kappa shape index (κ1) is 35.0. The van der Waals surface area contributed by atoms with Crippen molar-refractivity contribution in [1.82, 2.24) is 0 Å². The highest BCUT2D eigenvalue weighted by atomic mass is 31.2. The zero-order valence-electron chi connectivity index (χ0n) is 22.9. The van der Waals surface area contributed by atoms with E-state index >= 15 is 0 Å². The lowest BCUT2D eigenvalue weighted by atomic mass is 10.0. The standard InChI is InChI=1S/C27H53O8P/c1-3-5-7-8-9-10-11-12-13-14-15-16-17-18-20-22-27(29)35-25(24-34-36(30,31)32)23-33-26(28)21-19-6-4-2/h25H,3-24H2,1-2H3,(H2,30,31,32)/t25-/m1/s1. The molecule has 214 valence electrons. The van der Waals surface area contributed by atoms with E-state index in [1.807, 2.05) is 6.92 Å². The topological polar surface area (TPSA) is 119 Å². The number of phosphoric acid groups is 1. The molecule has 0 aliphatic rings. The smallest absolute Gasteiger partial charge is 0.462 e. The van der Waals surface area contributed by atoms with E-state index in [0.29, 0.717) is 12.8 Å². The van der Waals surface area contributed by atoms with E-state index in [1.54, 1.807) is 0 Å². The summed E-state index contributed by atoms with van der Waals surface area (Å²) in [7, 11) is -4.72. The Labute approximate surface area is 219 Å². The summed E-state index contributed by atoms with van der Waals surface area (Å²) in [6, 6.07) is 0. The molecule has 0 aromatic heterocycles. The molecule has 0 amide bonds. The fraction of sp³-hybridized carbons (Fsp3) is 0.926. The van der Waals surface area contributed by atoms with Crippen molar-refractivity contribution in [2.24, 2.45) is 0 Å². The molecule has 0 heterocycles. The third kappa shape index (κ3) is 26.1. The predicted molar refractivity (Wildman–Crippen MR) is 143 cm³/mol. The molecule has 0 fully saturated rings. The average Bonchev–Trinajstić information content (AvgIpc) is 2.83. The average molecular weight is 537 g/mol. The molecule has 2 N–H and O–H groups in total. The van der Waals surface area contributed by atoms with Gasteiger partial charge in [-0.1, -0.05) is 117 Å². The molecular weight excluding hydrogens is 483 g/mol. The lowest BCUT2D eigenvalue weighted by Crippen LogP contribution is -2.29. The predicted octanol–water partition coefficient (Wildman–Crippen LogP) is 7.39. The van der Waals surface area contributed by atoms with Gasteiger partial charge in [0, 0.05) is 12.8 Å². The van der Waals surface area contributed by atoms with Gasteiger partial charge >= 0.3 is 19.8 Å². The number of unbranched alkanes of at least 4 members (excludes halogenated alkanes) is 16. The molecule has 1 atom stereocenters. The Morgan fingerprint density at radius 1 is 0.611 bits per heavy atom. The highest BCUT2D eigenvalue weighted by Crippen LogP contribution is 2.35. The number of hydrogen-bond donors (Lipinski definition) is 2. The van der Waals surface area contributed by atoms with Crippen LogP contribution in [0.5, 0.6) is 0 Å². The van der Waals surface area contributed by atoms with Crippen molar-refractivity contribution < 1.29 is 37.9 Å². The molecule has 0 saturated heterocycles. The zero-order valence-corrected chi connectivity index (χ0v) is 23.8. The summed E-state index contributed by atoms with van der Waals surface area (Å²) in [5, 5.41) is 0. The molecule has 0 aromatic carbocycles. The number of phosphoric ester groups is 1. The molecule has 0 rings (SSSR count). The van der Waals surface area contributed by atoms with E-state index in [1.165, 1.54) is 77.0 Å². The summed E-state index contributed by atoms with van der Waals surface area (Å²) >= 11 is 0. The Hall–Kier alpha value is -0.950. The van der Waals surface area contributed by atoms with Gasteiger partial charge in [0.15, 0.2) is 6.10 Å². The van der Waals surface area contributed by atoms with Gasteiger partial charge in [0.25, 0.3) is 0 Å². The number of rotatable bonds is 26. The van der Waals surface area contributed by atoms with Crippen LogP contribution in [0.1, 0.15) is 142 Å². The second kappa shape index (κ2) is 24.4.